The second-order valence-corrected chi connectivity index (χ2v) is 7.68. The maximum atomic E-state index is 5.68. The van der Waals surface area contributed by atoms with Crippen molar-refractivity contribution in [1.82, 2.24) is 30.1 Å². The molecule has 6 rings (SSSR count). The zero-order valence-electron chi connectivity index (χ0n) is 17.0. The first kappa shape index (κ1) is 17.6. The lowest BCUT2D eigenvalue weighted by molar-refractivity contribution is 0.443. The first-order valence-corrected chi connectivity index (χ1v) is 10.0. The van der Waals surface area contributed by atoms with E-state index in [-0.39, 0.29) is 5.92 Å². The van der Waals surface area contributed by atoms with Crippen molar-refractivity contribution in [2.24, 2.45) is 7.05 Å². The van der Waals surface area contributed by atoms with Gasteiger partial charge >= 0.3 is 0 Å². The summed E-state index contributed by atoms with van der Waals surface area (Å²) >= 11 is 0. The van der Waals surface area contributed by atoms with Crippen LogP contribution < -0.4 is 5.32 Å². The van der Waals surface area contributed by atoms with Crippen molar-refractivity contribution < 1.29 is 4.52 Å². The van der Waals surface area contributed by atoms with E-state index in [1.165, 1.54) is 5.56 Å². The number of anilines is 2. The van der Waals surface area contributed by atoms with Gasteiger partial charge < -0.3 is 9.84 Å². The standard InChI is InChI=1S/C23H19N7O/c1-13(14-5-8-19-15(10-14)12-25-30(19)2)21-17-7-6-16(11-20(17)31-29-21)26-23-22-18(27-28-23)4-3-9-24-22/h3-13H,1-2H3,(H2,26,27,28). The summed E-state index contributed by atoms with van der Waals surface area (Å²) in [7, 11) is 1.95. The van der Waals surface area contributed by atoms with E-state index in [1.807, 2.05) is 48.3 Å². The molecule has 0 amide bonds. The lowest BCUT2D eigenvalue weighted by Gasteiger charge is -2.10. The van der Waals surface area contributed by atoms with Gasteiger partial charge in [-0.1, -0.05) is 18.1 Å². The minimum absolute atomic E-state index is 0.0872. The van der Waals surface area contributed by atoms with Gasteiger partial charge in [0.1, 0.15) is 5.52 Å². The van der Waals surface area contributed by atoms with Crippen LogP contribution in [0.4, 0.5) is 11.5 Å². The van der Waals surface area contributed by atoms with Crippen LogP contribution in [0.15, 0.2) is 65.4 Å². The Kier molecular flexibility index (Phi) is 3.79. The fourth-order valence-electron chi connectivity index (χ4n) is 4.03. The average Bonchev–Trinajstić information content (AvgIpc) is 3.50. The van der Waals surface area contributed by atoms with Crippen LogP contribution in [-0.4, -0.2) is 30.1 Å². The molecule has 6 aromatic rings. The number of nitrogens with one attached hydrogen (secondary N) is 2. The number of rotatable bonds is 4. The van der Waals surface area contributed by atoms with E-state index >= 15 is 0 Å². The van der Waals surface area contributed by atoms with Crippen molar-refractivity contribution >= 4 is 44.4 Å². The predicted molar refractivity (Wildman–Crippen MR) is 119 cm³/mol. The topological polar surface area (TPSA) is 97.5 Å². The van der Waals surface area contributed by atoms with E-state index in [1.54, 1.807) is 6.20 Å². The van der Waals surface area contributed by atoms with Crippen molar-refractivity contribution in [3.05, 3.63) is 72.2 Å². The zero-order valence-corrected chi connectivity index (χ0v) is 17.0. The Morgan fingerprint density at radius 1 is 1.13 bits per heavy atom. The highest BCUT2D eigenvalue weighted by atomic mass is 16.5. The smallest absolute Gasteiger partial charge is 0.178 e. The van der Waals surface area contributed by atoms with Gasteiger partial charge in [-0.3, -0.25) is 14.8 Å². The Morgan fingerprint density at radius 2 is 2.06 bits per heavy atom. The summed E-state index contributed by atoms with van der Waals surface area (Å²) in [6.07, 6.45) is 3.64. The summed E-state index contributed by atoms with van der Waals surface area (Å²) in [5, 5.41) is 21.4. The van der Waals surface area contributed by atoms with E-state index in [2.05, 4.69) is 55.9 Å². The molecule has 31 heavy (non-hydrogen) atoms. The number of aryl methyl sites for hydroxylation is 1. The van der Waals surface area contributed by atoms with Gasteiger partial charge in [0.2, 0.25) is 0 Å². The molecule has 8 nitrogen and oxygen atoms in total. The largest absolute Gasteiger partial charge is 0.356 e. The maximum absolute atomic E-state index is 5.68. The minimum Gasteiger partial charge on any atom is -0.356 e. The Labute approximate surface area is 176 Å². The molecule has 0 spiro atoms. The van der Waals surface area contributed by atoms with Gasteiger partial charge in [-0.25, -0.2) is 0 Å². The fourth-order valence-corrected chi connectivity index (χ4v) is 4.03. The molecule has 8 heteroatoms. The van der Waals surface area contributed by atoms with Crippen molar-refractivity contribution in [1.29, 1.82) is 0 Å². The van der Waals surface area contributed by atoms with E-state index in [9.17, 15) is 0 Å². The molecule has 0 aliphatic rings. The SMILES string of the molecule is CC(c1ccc2c(cnn2C)c1)c1noc2cc(Nc3n[nH]c4cccnc34)ccc12. The van der Waals surface area contributed by atoms with E-state index in [0.717, 1.165) is 44.3 Å². The van der Waals surface area contributed by atoms with E-state index < -0.39 is 0 Å². The van der Waals surface area contributed by atoms with Crippen molar-refractivity contribution in [2.45, 2.75) is 12.8 Å². The van der Waals surface area contributed by atoms with Crippen LogP contribution in [0.1, 0.15) is 24.1 Å². The number of hydrogen-bond donors (Lipinski definition) is 2. The normalized spacial score (nSPS) is 12.7. The third-order valence-corrected chi connectivity index (χ3v) is 5.76. The maximum Gasteiger partial charge on any atom is 0.178 e. The molecule has 2 N–H and O–H groups in total. The van der Waals surface area contributed by atoms with E-state index in [4.69, 9.17) is 4.52 Å². The summed E-state index contributed by atoms with van der Waals surface area (Å²) < 4.78 is 7.56. The lowest BCUT2D eigenvalue weighted by atomic mass is 9.94. The van der Waals surface area contributed by atoms with Gasteiger partial charge in [0, 0.05) is 41.7 Å². The molecule has 1 atom stereocenters. The molecule has 2 aromatic carbocycles. The molecule has 1 unspecified atom stereocenters. The van der Waals surface area contributed by atoms with Crippen molar-refractivity contribution in [3.8, 4) is 0 Å². The molecule has 0 aliphatic heterocycles. The molecule has 0 radical (unpaired) electrons. The Bertz CT molecular complexity index is 1560. The van der Waals surface area contributed by atoms with Crippen LogP contribution in [0, 0.1) is 0 Å². The molecule has 0 aliphatic carbocycles. The fraction of sp³-hybridized carbons (Fsp3) is 0.130. The third-order valence-electron chi connectivity index (χ3n) is 5.76. The Morgan fingerprint density at radius 3 is 3.00 bits per heavy atom. The number of aromatic nitrogens is 6. The number of H-pyrrole nitrogens is 1. The van der Waals surface area contributed by atoms with Gasteiger partial charge in [0.15, 0.2) is 11.4 Å². The molecule has 0 bridgehead atoms. The zero-order chi connectivity index (χ0) is 20.9. The van der Waals surface area contributed by atoms with Crippen molar-refractivity contribution in [2.75, 3.05) is 5.32 Å². The lowest BCUT2D eigenvalue weighted by Crippen LogP contribution is -1.97. The van der Waals surface area contributed by atoms with Crippen LogP contribution in [0.3, 0.4) is 0 Å². The first-order valence-electron chi connectivity index (χ1n) is 10.0. The molecular weight excluding hydrogens is 390 g/mol. The molecular formula is C23H19N7O. The van der Waals surface area contributed by atoms with Gasteiger partial charge in [-0.2, -0.15) is 10.2 Å². The quantitative estimate of drug-likeness (QED) is 0.431. The Hall–Kier alpha value is -4.20. The summed E-state index contributed by atoms with van der Waals surface area (Å²) in [6, 6.07) is 16.2. The van der Waals surface area contributed by atoms with Gasteiger partial charge in [0.05, 0.1) is 22.9 Å². The van der Waals surface area contributed by atoms with Gasteiger partial charge in [0.25, 0.3) is 0 Å². The highest BCUT2D eigenvalue weighted by molar-refractivity contribution is 5.90. The van der Waals surface area contributed by atoms with Crippen molar-refractivity contribution in [3.63, 3.8) is 0 Å². The second-order valence-electron chi connectivity index (χ2n) is 7.68. The van der Waals surface area contributed by atoms with Crippen LogP contribution >= 0.6 is 0 Å². The summed E-state index contributed by atoms with van der Waals surface area (Å²) in [4.78, 5) is 4.39. The number of fused-ring (bicyclic) bond motifs is 3. The number of nitrogens with zero attached hydrogens (tertiary/aromatic N) is 5. The number of aromatic amines is 1. The summed E-state index contributed by atoms with van der Waals surface area (Å²) in [5.74, 6) is 0.761. The molecule has 0 saturated heterocycles. The highest BCUT2D eigenvalue weighted by Gasteiger charge is 2.18. The summed E-state index contributed by atoms with van der Waals surface area (Å²) in [6.45, 7) is 2.14. The summed E-state index contributed by atoms with van der Waals surface area (Å²) in [5.41, 5.74) is 6.45. The highest BCUT2D eigenvalue weighted by Crippen LogP contribution is 2.33. The van der Waals surface area contributed by atoms with Crippen LogP contribution in [0.2, 0.25) is 0 Å². The molecule has 152 valence electrons. The number of benzene rings is 2. The van der Waals surface area contributed by atoms with Crippen LogP contribution in [0.25, 0.3) is 32.9 Å². The van der Waals surface area contributed by atoms with E-state index in [0.29, 0.717) is 5.82 Å². The first-order chi connectivity index (χ1) is 15.2. The second kappa shape index (κ2) is 6.66. The van der Waals surface area contributed by atoms with Gasteiger partial charge in [-0.15, -0.1) is 0 Å². The van der Waals surface area contributed by atoms with Gasteiger partial charge in [-0.05, 0) is 42.0 Å². The minimum atomic E-state index is 0.0872. The molecule has 0 saturated carbocycles. The Balaban J connectivity index is 1.33. The molecule has 4 aromatic heterocycles. The number of pyridine rings is 1. The monoisotopic (exact) mass is 409 g/mol. The number of hydrogen-bond acceptors (Lipinski definition) is 6. The molecule has 0 fully saturated rings. The third kappa shape index (κ3) is 2.83. The van der Waals surface area contributed by atoms with Crippen LogP contribution in [-0.2, 0) is 7.05 Å². The average molecular weight is 409 g/mol. The predicted octanol–water partition coefficient (Wildman–Crippen LogP) is 4.88. The van der Waals surface area contributed by atoms with Crippen LogP contribution in [0.5, 0.6) is 0 Å². The molecule has 4 heterocycles.